The number of hydrogen-bond acceptors (Lipinski definition) is 4. The highest BCUT2D eigenvalue weighted by Gasteiger charge is 2.13. The van der Waals surface area contributed by atoms with Gasteiger partial charge < -0.3 is 15.9 Å². The second-order valence-corrected chi connectivity index (χ2v) is 3.63. The largest absolute Gasteiger partial charge is 0.505 e. The molecule has 8 heteroatoms. The van der Waals surface area contributed by atoms with Crippen molar-refractivity contribution in [2.24, 2.45) is 5.73 Å². The summed E-state index contributed by atoms with van der Waals surface area (Å²) in [7, 11) is 0. The van der Waals surface area contributed by atoms with E-state index in [2.05, 4.69) is 20.9 Å². The summed E-state index contributed by atoms with van der Waals surface area (Å²) >= 11 is 3.09. The molecule has 0 amide bonds. The molecule has 16 heavy (non-hydrogen) atoms. The lowest BCUT2D eigenvalue weighted by molar-refractivity contribution is -0.138. The molecular formula is C8H11BrCl2N2O3. The Kier molecular flexibility index (Phi) is 8.54. The number of carboxylic acids is 1. The number of aromatic nitrogens is 1. The van der Waals surface area contributed by atoms with Crippen molar-refractivity contribution in [2.75, 3.05) is 0 Å². The molecule has 0 fully saturated rings. The minimum Gasteiger partial charge on any atom is -0.505 e. The summed E-state index contributed by atoms with van der Waals surface area (Å²) in [5.41, 5.74) is 5.84. The van der Waals surface area contributed by atoms with E-state index >= 15 is 0 Å². The van der Waals surface area contributed by atoms with E-state index < -0.39 is 12.0 Å². The first-order valence-electron chi connectivity index (χ1n) is 3.82. The predicted molar refractivity (Wildman–Crippen MR) is 67.4 cm³/mol. The molecule has 1 aromatic rings. The first-order chi connectivity index (χ1) is 6.50. The topological polar surface area (TPSA) is 96.4 Å². The number of carboxylic acid groups (broad SMARTS) is 1. The summed E-state index contributed by atoms with van der Waals surface area (Å²) in [5, 5.41) is 17.7. The summed E-state index contributed by atoms with van der Waals surface area (Å²) < 4.78 is 0.472. The van der Waals surface area contributed by atoms with Gasteiger partial charge in [0, 0.05) is 12.1 Å². The van der Waals surface area contributed by atoms with Crippen molar-refractivity contribution in [2.45, 2.75) is 12.5 Å². The first-order valence-corrected chi connectivity index (χ1v) is 4.61. The molecule has 0 bridgehead atoms. The van der Waals surface area contributed by atoms with Crippen LogP contribution in [0.25, 0.3) is 0 Å². The smallest absolute Gasteiger partial charge is 0.320 e. The predicted octanol–water partition coefficient (Wildman–Crippen LogP) is 1.35. The molecule has 0 aliphatic rings. The van der Waals surface area contributed by atoms with E-state index in [-0.39, 0.29) is 37.0 Å². The summed E-state index contributed by atoms with van der Waals surface area (Å²) in [4.78, 5) is 14.3. The maximum absolute atomic E-state index is 10.4. The van der Waals surface area contributed by atoms with Crippen LogP contribution in [0.15, 0.2) is 16.7 Å². The fraction of sp³-hybridized carbons (Fsp3) is 0.250. The normalized spacial score (nSPS) is 10.9. The Labute approximate surface area is 113 Å². The van der Waals surface area contributed by atoms with Crippen molar-refractivity contribution in [3.63, 3.8) is 0 Å². The average molecular weight is 334 g/mol. The summed E-state index contributed by atoms with van der Waals surface area (Å²) in [6.45, 7) is 0. The minimum atomic E-state index is -1.07. The lowest BCUT2D eigenvalue weighted by atomic mass is 10.1. The van der Waals surface area contributed by atoms with E-state index in [1.807, 2.05) is 0 Å². The van der Waals surface area contributed by atoms with Crippen molar-refractivity contribution in [3.05, 3.63) is 22.4 Å². The Morgan fingerprint density at radius 1 is 1.56 bits per heavy atom. The Balaban J connectivity index is 0. The van der Waals surface area contributed by atoms with E-state index in [1.165, 1.54) is 12.3 Å². The van der Waals surface area contributed by atoms with E-state index in [1.54, 1.807) is 0 Å². The average Bonchev–Trinajstić information content (AvgIpc) is 2.11. The molecule has 0 saturated carbocycles. The standard InChI is InChI=1S/C8H9BrN2O3.2ClH/c9-5-1-4(11-3-7(5)12)2-6(10)8(13)14;;/h1,3,6,12H,2,10H2,(H,13,14);2*1H. The van der Waals surface area contributed by atoms with Crippen LogP contribution in [0.1, 0.15) is 5.69 Å². The van der Waals surface area contributed by atoms with E-state index in [0.29, 0.717) is 10.2 Å². The maximum atomic E-state index is 10.4. The Bertz CT molecular complexity index is 365. The third-order valence-electron chi connectivity index (χ3n) is 1.64. The molecular weight excluding hydrogens is 323 g/mol. The summed E-state index contributed by atoms with van der Waals surface area (Å²) in [6.07, 6.45) is 1.38. The number of carbonyl (C=O) groups is 1. The minimum absolute atomic E-state index is 0. The molecule has 0 aliphatic heterocycles. The van der Waals surface area contributed by atoms with Gasteiger partial charge in [-0.1, -0.05) is 0 Å². The quantitative estimate of drug-likeness (QED) is 0.775. The van der Waals surface area contributed by atoms with Crippen LogP contribution in [0.5, 0.6) is 5.75 Å². The molecule has 4 N–H and O–H groups in total. The number of pyridine rings is 1. The van der Waals surface area contributed by atoms with Crippen LogP contribution in [0.2, 0.25) is 0 Å². The van der Waals surface area contributed by atoms with Crippen molar-refractivity contribution in [1.29, 1.82) is 0 Å². The van der Waals surface area contributed by atoms with Gasteiger partial charge in [0.05, 0.1) is 10.7 Å². The highest BCUT2D eigenvalue weighted by atomic mass is 79.9. The molecule has 0 saturated heterocycles. The molecule has 0 aliphatic carbocycles. The SMILES string of the molecule is Cl.Cl.NC(Cc1cc(Br)c(O)cn1)C(=O)O. The van der Waals surface area contributed by atoms with Crippen LogP contribution in [-0.4, -0.2) is 27.2 Å². The monoisotopic (exact) mass is 332 g/mol. The van der Waals surface area contributed by atoms with Gasteiger partial charge in [0.1, 0.15) is 11.8 Å². The lowest BCUT2D eigenvalue weighted by Gasteiger charge is -2.06. The van der Waals surface area contributed by atoms with Gasteiger partial charge in [-0.05, 0) is 22.0 Å². The maximum Gasteiger partial charge on any atom is 0.320 e. The number of nitrogens with zero attached hydrogens (tertiary/aromatic N) is 1. The zero-order valence-electron chi connectivity index (χ0n) is 7.96. The third-order valence-corrected chi connectivity index (χ3v) is 2.27. The molecule has 1 atom stereocenters. The molecule has 5 nitrogen and oxygen atoms in total. The zero-order chi connectivity index (χ0) is 10.7. The molecule has 0 aromatic carbocycles. The van der Waals surface area contributed by atoms with Crippen LogP contribution in [-0.2, 0) is 11.2 Å². The van der Waals surface area contributed by atoms with Gasteiger partial charge in [-0.15, -0.1) is 24.8 Å². The molecule has 0 spiro atoms. The van der Waals surface area contributed by atoms with Gasteiger partial charge in [0.25, 0.3) is 0 Å². The number of hydrogen-bond donors (Lipinski definition) is 3. The number of nitrogens with two attached hydrogens (primary N) is 1. The van der Waals surface area contributed by atoms with Gasteiger partial charge in [-0.2, -0.15) is 0 Å². The van der Waals surface area contributed by atoms with Crippen LogP contribution in [0.4, 0.5) is 0 Å². The fourth-order valence-corrected chi connectivity index (χ4v) is 1.25. The Morgan fingerprint density at radius 2 is 2.12 bits per heavy atom. The second kappa shape index (κ2) is 7.67. The molecule has 1 aromatic heterocycles. The second-order valence-electron chi connectivity index (χ2n) is 2.78. The van der Waals surface area contributed by atoms with E-state index in [0.717, 1.165) is 0 Å². The number of aliphatic carboxylic acids is 1. The van der Waals surface area contributed by atoms with E-state index in [4.69, 9.17) is 15.9 Å². The molecule has 1 heterocycles. The van der Waals surface area contributed by atoms with Crippen molar-refractivity contribution >= 4 is 46.7 Å². The van der Waals surface area contributed by atoms with Crippen molar-refractivity contribution in [3.8, 4) is 5.75 Å². The number of rotatable bonds is 3. The highest BCUT2D eigenvalue weighted by Crippen LogP contribution is 2.22. The highest BCUT2D eigenvalue weighted by molar-refractivity contribution is 9.10. The third kappa shape index (κ3) is 4.98. The van der Waals surface area contributed by atoms with Gasteiger partial charge in [0.15, 0.2) is 0 Å². The molecule has 1 unspecified atom stereocenters. The summed E-state index contributed by atoms with van der Waals surface area (Å²) in [6, 6.07) is 0.567. The molecule has 92 valence electrons. The Morgan fingerprint density at radius 3 is 2.56 bits per heavy atom. The van der Waals surface area contributed by atoms with Crippen LogP contribution >= 0.6 is 40.7 Å². The van der Waals surface area contributed by atoms with Crippen LogP contribution in [0.3, 0.4) is 0 Å². The van der Waals surface area contributed by atoms with Crippen LogP contribution in [0, 0.1) is 0 Å². The molecule has 1 rings (SSSR count). The van der Waals surface area contributed by atoms with Gasteiger partial charge in [-0.25, -0.2) is 0 Å². The van der Waals surface area contributed by atoms with Crippen molar-refractivity contribution < 1.29 is 15.0 Å². The Hall–Kier alpha value is -0.560. The van der Waals surface area contributed by atoms with Crippen molar-refractivity contribution in [1.82, 2.24) is 4.98 Å². The fourth-order valence-electron chi connectivity index (χ4n) is 0.887. The molecule has 0 radical (unpaired) electrons. The van der Waals surface area contributed by atoms with Crippen LogP contribution < -0.4 is 5.73 Å². The number of aromatic hydroxyl groups is 1. The van der Waals surface area contributed by atoms with Gasteiger partial charge in [-0.3, -0.25) is 9.78 Å². The first kappa shape index (κ1) is 17.8. The number of halogens is 3. The van der Waals surface area contributed by atoms with Gasteiger partial charge in [0.2, 0.25) is 0 Å². The van der Waals surface area contributed by atoms with Gasteiger partial charge >= 0.3 is 5.97 Å². The summed E-state index contributed by atoms with van der Waals surface area (Å²) in [5.74, 6) is -1.06. The lowest BCUT2D eigenvalue weighted by Crippen LogP contribution is -2.32. The van der Waals surface area contributed by atoms with E-state index in [9.17, 15) is 4.79 Å². The zero-order valence-corrected chi connectivity index (χ0v) is 11.2.